The van der Waals surface area contributed by atoms with E-state index in [4.69, 9.17) is 19.3 Å². The van der Waals surface area contributed by atoms with Crippen LogP contribution in [0.2, 0.25) is 0 Å². The maximum absolute atomic E-state index is 13.2. The number of pyridine rings is 1. The Kier molecular flexibility index (Phi) is 9.45. The lowest BCUT2D eigenvalue weighted by molar-refractivity contribution is -0.136. The molecular formula is C32H34N4O6. The minimum absolute atomic E-state index is 0.0855. The third-order valence-electron chi connectivity index (χ3n) is 7.13. The molecular weight excluding hydrogens is 536 g/mol. The number of aromatic nitrogens is 3. The molecule has 218 valence electrons. The first kappa shape index (κ1) is 28.8. The zero-order valence-electron chi connectivity index (χ0n) is 23.5. The summed E-state index contributed by atoms with van der Waals surface area (Å²) in [5.41, 5.74) is 4.23. The first-order valence-corrected chi connectivity index (χ1v) is 14.0. The van der Waals surface area contributed by atoms with Crippen LogP contribution in [-0.4, -0.2) is 52.1 Å². The van der Waals surface area contributed by atoms with Crippen molar-refractivity contribution in [3.8, 4) is 22.9 Å². The summed E-state index contributed by atoms with van der Waals surface area (Å²) in [6.07, 6.45) is 5.77. The highest BCUT2D eigenvalue weighted by Crippen LogP contribution is 2.31. The monoisotopic (exact) mass is 570 g/mol. The van der Waals surface area contributed by atoms with Crippen molar-refractivity contribution in [1.29, 1.82) is 0 Å². The maximum Gasteiger partial charge on any atom is 0.303 e. The number of carboxylic acids is 1. The van der Waals surface area contributed by atoms with Gasteiger partial charge in [-0.3, -0.25) is 9.59 Å². The molecule has 2 aromatic carbocycles. The Labute approximate surface area is 244 Å². The van der Waals surface area contributed by atoms with Gasteiger partial charge in [0.05, 0.1) is 30.8 Å². The number of nitrogens with zero attached hydrogens (tertiary/aromatic N) is 3. The van der Waals surface area contributed by atoms with E-state index in [1.54, 1.807) is 36.5 Å². The largest absolute Gasteiger partial charge is 0.494 e. The van der Waals surface area contributed by atoms with Crippen molar-refractivity contribution in [3.05, 3.63) is 89.7 Å². The third kappa shape index (κ3) is 7.13. The van der Waals surface area contributed by atoms with Gasteiger partial charge < -0.3 is 24.6 Å². The number of hydrogen-bond donors (Lipinski definition) is 2. The molecule has 0 saturated carbocycles. The van der Waals surface area contributed by atoms with Crippen LogP contribution in [0.1, 0.15) is 53.5 Å². The van der Waals surface area contributed by atoms with E-state index in [2.05, 4.69) is 15.4 Å². The van der Waals surface area contributed by atoms with Crippen molar-refractivity contribution in [2.75, 3.05) is 25.6 Å². The molecule has 1 amide bonds. The number of hydrogen-bond acceptors (Lipinski definition) is 7. The minimum Gasteiger partial charge on any atom is -0.494 e. The van der Waals surface area contributed by atoms with E-state index in [-0.39, 0.29) is 24.2 Å². The van der Waals surface area contributed by atoms with E-state index in [1.807, 2.05) is 41.1 Å². The van der Waals surface area contributed by atoms with E-state index in [0.29, 0.717) is 48.9 Å². The van der Waals surface area contributed by atoms with Crippen LogP contribution in [0.3, 0.4) is 0 Å². The van der Waals surface area contributed by atoms with Gasteiger partial charge in [-0.25, -0.2) is 9.67 Å². The Morgan fingerprint density at radius 2 is 1.88 bits per heavy atom. The first-order chi connectivity index (χ1) is 20.5. The molecule has 0 aliphatic carbocycles. The molecule has 10 heteroatoms. The number of aliphatic carboxylic acids is 1. The highest BCUT2D eigenvalue weighted by Gasteiger charge is 2.21. The molecule has 10 nitrogen and oxygen atoms in total. The van der Waals surface area contributed by atoms with E-state index >= 15 is 0 Å². The van der Waals surface area contributed by atoms with Gasteiger partial charge in [0.15, 0.2) is 6.23 Å². The van der Waals surface area contributed by atoms with Gasteiger partial charge in [-0.2, -0.15) is 5.10 Å². The normalized spacial score (nSPS) is 14.7. The summed E-state index contributed by atoms with van der Waals surface area (Å²) in [6.45, 7) is 1.10. The topological polar surface area (TPSA) is 125 Å². The smallest absolute Gasteiger partial charge is 0.303 e. The maximum atomic E-state index is 13.2. The summed E-state index contributed by atoms with van der Waals surface area (Å²) in [7, 11) is 1.53. The lowest BCUT2D eigenvalue weighted by Gasteiger charge is -2.24. The Morgan fingerprint density at radius 3 is 2.64 bits per heavy atom. The van der Waals surface area contributed by atoms with Crippen molar-refractivity contribution < 1.29 is 28.9 Å². The van der Waals surface area contributed by atoms with Crippen LogP contribution in [0.4, 0.5) is 5.69 Å². The number of carboxylic acid groups (broad SMARTS) is 1. The zero-order chi connectivity index (χ0) is 29.3. The number of aryl methyl sites for hydroxylation is 1. The second kappa shape index (κ2) is 13.8. The number of nitrogens with one attached hydrogen (secondary N) is 1. The molecule has 0 radical (unpaired) electrons. The quantitative estimate of drug-likeness (QED) is 0.227. The summed E-state index contributed by atoms with van der Waals surface area (Å²) in [4.78, 5) is 28.8. The van der Waals surface area contributed by atoms with Gasteiger partial charge >= 0.3 is 5.97 Å². The van der Waals surface area contributed by atoms with Gasteiger partial charge in [-0.05, 0) is 67.1 Å². The first-order valence-electron chi connectivity index (χ1n) is 14.0. The number of benzene rings is 2. The fraction of sp³-hybridized carbons (Fsp3) is 0.312. The van der Waals surface area contributed by atoms with Crippen LogP contribution < -0.4 is 14.8 Å². The van der Waals surface area contributed by atoms with Crippen LogP contribution >= 0.6 is 0 Å². The molecule has 42 heavy (non-hydrogen) atoms. The molecule has 1 aliphatic heterocycles. The van der Waals surface area contributed by atoms with Crippen molar-refractivity contribution in [1.82, 2.24) is 14.8 Å². The molecule has 0 spiro atoms. The second-order valence-corrected chi connectivity index (χ2v) is 9.97. The van der Waals surface area contributed by atoms with Crippen LogP contribution in [0.5, 0.6) is 11.5 Å². The van der Waals surface area contributed by atoms with Crippen LogP contribution in [0, 0.1) is 0 Å². The number of amides is 1. The molecule has 0 bridgehead atoms. The molecule has 5 rings (SSSR count). The zero-order valence-corrected chi connectivity index (χ0v) is 23.5. The lowest BCUT2D eigenvalue weighted by Crippen LogP contribution is -2.20. The van der Waals surface area contributed by atoms with Crippen LogP contribution in [0.25, 0.3) is 11.4 Å². The average Bonchev–Trinajstić information content (AvgIpc) is 3.52. The van der Waals surface area contributed by atoms with Gasteiger partial charge in [0, 0.05) is 31.7 Å². The van der Waals surface area contributed by atoms with E-state index in [9.17, 15) is 9.59 Å². The van der Waals surface area contributed by atoms with Crippen molar-refractivity contribution in [3.63, 3.8) is 0 Å². The number of carbonyl (C=O) groups excluding carboxylic acids is 1. The number of ether oxygens (including phenoxy) is 3. The fourth-order valence-electron chi connectivity index (χ4n) is 4.98. The van der Waals surface area contributed by atoms with Crippen molar-refractivity contribution in [2.24, 2.45) is 0 Å². The predicted octanol–water partition coefficient (Wildman–Crippen LogP) is 5.54. The molecule has 1 atom stereocenters. The Balaban J connectivity index is 1.23. The molecule has 3 heterocycles. The Bertz CT molecular complexity index is 1530. The molecule has 4 aromatic rings. The van der Waals surface area contributed by atoms with Gasteiger partial charge in [0.25, 0.3) is 5.91 Å². The number of rotatable bonds is 12. The van der Waals surface area contributed by atoms with Crippen LogP contribution in [-0.2, 0) is 22.4 Å². The lowest BCUT2D eigenvalue weighted by atomic mass is 10.0. The van der Waals surface area contributed by atoms with Gasteiger partial charge in [0.1, 0.15) is 17.2 Å². The summed E-state index contributed by atoms with van der Waals surface area (Å²) < 4.78 is 19.2. The van der Waals surface area contributed by atoms with E-state index < -0.39 is 5.97 Å². The summed E-state index contributed by atoms with van der Waals surface area (Å²) in [6, 6.07) is 20.2. The van der Waals surface area contributed by atoms with Crippen molar-refractivity contribution >= 4 is 17.6 Å². The Morgan fingerprint density at radius 1 is 1.05 bits per heavy atom. The fourth-order valence-corrected chi connectivity index (χ4v) is 4.98. The highest BCUT2D eigenvalue weighted by atomic mass is 16.5. The van der Waals surface area contributed by atoms with Crippen LogP contribution in [0.15, 0.2) is 72.9 Å². The molecule has 1 unspecified atom stereocenters. The number of methoxy groups -OCH3 is 1. The molecule has 2 N–H and O–H groups in total. The average molecular weight is 571 g/mol. The van der Waals surface area contributed by atoms with Gasteiger partial charge in [0.2, 0.25) is 0 Å². The standard InChI is InChI=1S/C32H34N4O6/c1-40-29-21-24(41-20-17-23-8-3-2-7-22(23)12-15-31(37)38)13-14-26(29)35-32(39)27-10-6-9-25(34-27)28-16-18-33-36(28)30-11-4-5-19-42-30/h2-3,6-10,13-14,16,18,21,30H,4-5,11-12,15,17,19-20H2,1H3,(H,35,39)(H,37,38). The molecule has 1 aliphatic rings. The summed E-state index contributed by atoms with van der Waals surface area (Å²) in [5, 5.41) is 16.4. The SMILES string of the molecule is COc1cc(OCCc2ccccc2CCC(=O)O)ccc1NC(=O)c1cccc(-c2ccnn2C2CCCCO2)n1. The molecule has 1 fully saturated rings. The molecule has 1 saturated heterocycles. The van der Waals surface area contributed by atoms with Crippen molar-refractivity contribution in [2.45, 2.75) is 44.8 Å². The number of anilines is 1. The van der Waals surface area contributed by atoms with E-state index in [0.717, 1.165) is 36.1 Å². The van der Waals surface area contributed by atoms with Gasteiger partial charge in [-0.15, -0.1) is 0 Å². The highest BCUT2D eigenvalue weighted by molar-refractivity contribution is 6.04. The van der Waals surface area contributed by atoms with E-state index in [1.165, 1.54) is 7.11 Å². The number of carbonyl (C=O) groups is 2. The van der Waals surface area contributed by atoms with Gasteiger partial charge in [-0.1, -0.05) is 30.3 Å². The Hall–Kier alpha value is -4.70. The second-order valence-electron chi connectivity index (χ2n) is 9.97. The minimum atomic E-state index is -0.818. The third-order valence-corrected chi connectivity index (χ3v) is 7.13. The summed E-state index contributed by atoms with van der Waals surface area (Å²) >= 11 is 0. The molecule has 2 aromatic heterocycles. The predicted molar refractivity (Wildman–Crippen MR) is 157 cm³/mol. The summed E-state index contributed by atoms with van der Waals surface area (Å²) in [5.74, 6) is -0.152.